The predicted octanol–water partition coefficient (Wildman–Crippen LogP) is 5.30. The van der Waals surface area contributed by atoms with Gasteiger partial charge in [-0.1, -0.05) is 40.2 Å². The molecule has 0 aliphatic carbocycles. The third-order valence-corrected chi connectivity index (χ3v) is 4.78. The first-order valence-electron chi connectivity index (χ1n) is 5.41. The molecule has 3 heteroatoms. The second-order valence-electron chi connectivity index (χ2n) is 4.12. The highest BCUT2D eigenvalue weighted by Gasteiger charge is 2.10. The zero-order valence-electron chi connectivity index (χ0n) is 8.83. The number of aromatic nitrogens is 1. The fourth-order valence-corrected chi connectivity index (χ4v) is 3.87. The smallest absolute Gasteiger partial charge is 0.0654 e. The van der Waals surface area contributed by atoms with Gasteiger partial charge in [0.1, 0.15) is 0 Å². The molecule has 1 nitrogen and oxygen atoms in total. The fraction of sp³-hybridized carbons (Fsp3) is 0. The van der Waals surface area contributed by atoms with E-state index in [4.69, 9.17) is 0 Å². The number of benzene rings is 2. The first-order valence-corrected chi connectivity index (χ1v) is 7.02. The first-order chi connectivity index (χ1) is 8.33. The molecule has 4 aromatic rings. The molecule has 0 spiro atoms. The van der Waals surface area contributed by atoms with Crippen LogP contribution in [0.3, 0.4) is 0 Å². The van der Waals surface area contributed by atoms with Gasteiger partial charge in [0.15, 0.2) is 0 Å². The van der Waals surface area contributed by atoms with Crippen molar-refractivity contribution in [2.45, 2.75) is 0 Å². The monoisotopic (exact) mass is 301 g/mol. The summed E-state index contributed by atoms with van der Waals surface area (Å²) in [6.45, 7) is 0. The molecule has 2 aromatic carbocycles. The highest BCUT2D eigenvalue weighted by molar-refractivity contribution is 9.10. The minimum atomic E-state index is 1.11. The van der Waals surface area contributed by atoms with Crippen LogP contribution in [0.1, 0.15) is 0 Å². The number of aromatic amines is 1. The van der Waals surface area contributed by atoms with Crippen molar-refractivity contribution in [1.82, 2.24) is 4.98 Å². The van der Waals surface area contributed by atoms with Crippen LogP contribution in [-0.2, 0) is 0 Å². The molecular weight excluding hydrogens is 294 g/mol. The summed E-state index contributed by atoms with van der Waals surface area (Å²) in [5.41, 5.74) is 2.46. The van der Waals surface area contributed by atoms with Gasteiger partial charge in [-0.2, -0.15) is 0 Å². The minimum Gasteiger partial charge on any atom is -0.353 e. The van der Waals surface area contributed by atoms with Crippen LogP contribution in [-0.4, -0.2) is 4.98 Å². The lowest BCUT2D eigenvalue weighted by Crippen LogP contribution is -1.68. The Bertz CT molecular complexity index is 856. The number of hydrogen-bond acceptors (Lipinski definition) is 1. The van der Waals surface area contributed by atoms with Gasteiger partial charge in [0.25, 0.3) is 0 Å². The average molecular weight is 302 g/mol. The van der Waals surface area contributed by atoms with Crippen LogP contribution in [0.25, 0.3) is 31.2 Å². The lowest BCUT2D eigenvalue weighted by molar-refractivity contribution is 1.56. The maximum Gasteiger partial charge on any atom is 0.0654 e. The third-order valence-electron chi connectivity index (χ3n) is 3.08. The highest BCUT2D eigenvalue weighted by Crippen LogP contribution is 2.38. The van der Waals surface area contributed by atoms with Gasteiger partial charge < -0.3 is 4.98 Å². The standard InChI is InChI=1S/C14H8BrNS/c15-8-5-6-9-11(7-8)16-13-10-3-1-2-4-12(10)17-14(9)13/h1-7,16H. The summed E-state index contributed by atoms with van der Waals surface area (Å²) in [6.07, 6.45) is 0. The van der Waals surface area contributed by atoms with Gasteiger partial charge in [0, 0.05) is 25.5 Å². The van der Waals surface area contributed by atoms with Crippen molar-refractivity contribution in [2.75, 3.05) is 0 Å². The van der Waals surface area contributed by atoms with Crippen LogP contribution < -0.4 is 0 Å². The fourth-order valence-electron chi connectivity index (χ4n) is 2.31. The first kappa shape index (κ1) is 9.68. The predicted molar refractivity (Wildman–Crippen MR) is 78.9 cm³/mol. The number of halogens is 1. The molecule has 4 rings (SSSR count). The van der Waals surface area contributed by atoms with Crippen molar-refractivity contribution < 1.29 is 0 Å². The number of nitrogens with one attached hydrogen (secondary N) is 1. The van der Waals surface area contributed by atoms with E-state index in [-0.39, 0.29) is 0 Å². The van der Waals surface area contributed by atoms with Crippen molar-refractivity contribution in [3.63, 3.8) is 0 Å². The average Bonchev–Trinajstić information content (AvgIpc) is 2.84. The zero-order chi connectivity index (χ0) is 11.4. The minimum absolute atomic E-state index is 1.11. The van der Waals surface area contributed by atoms with Crippen LogP contribution in [0.15, 0.2) is 46.9 Å². The summed E-state index contributed by atoms with van der Waals surface area (Å²) in [5.74, 6) is 0. The van der Waals surface area contributed by atoms with Gasteiger partial charge >= 0.3 is 0 Å². The SMILES string of the molecule is Brc1ccc2c(c1)[nH]c1c3ccccc3sc21. The second-order valence-corrected chi connectivity index (χ2v) is 6.09. The third kappa shape index (κ3) is 1.30. The van der Waals surface area contributed by atoms with Crippen LogP contribution in [0.4, 0.5) is 0 Å². The Morgan fingerprint density at radius 1 is 1.00 bits per heavy atom. The Morgan fingerprint density at radius 2 is 1.88 bits per heavy atom. The molecule has 0 aliphatic rings. The Balaban J connectivity index is 2.29. The van der Waals surface area contributed by atoms with Gasteiger partial charge in [-0.25, -0.2) is 0 Å². The molecule has 17 heavy (non-hydrogen) atoms. The maximum atomic E-state index is 3.52. The van der Waals surface area contributed by atoms with Crippen LogP contribution in [0, 0.1) is 0 Å². The van der Waals surface area contributed by atoms with Crippen molar-refractivity contribution in [1.29, 1.82) is 0 Å². The van der Waals surface area contributed by atoms with Crippen molar-refractivity contribution in [3.05, 3.63) is 46.9 Å². The van der Waals surface area contributed by atoms with E-state index >= 15 is 0 Å². The van der Waals surface area contributed by atoms with E-state index in [0.717, 1.165) is 4.47 Å². The van der Waals surface area contributed by atoms with E-state index in [1.54, 1.807) is 0 Å². The number of hydrogen-bond donors (Lipinski definition) is 1. The molecule has 2 aromatic heterocycles. The molecule has 0 bridgehead atoms. The Hall–Kier alpha value is -1.32. The van der Waals surface area contributed by atoms with E-state index in [1.165, 1.54) is 31.2 Å². The Morgan fingerprint density at radius 3 is 2.82 bits per heavy atom. The molecule has 0 aliphatic heterocycles. The summed E-state index contributed by atoms with van der Waals surface area (Å²) >= 11 is 5.37. The topological polar surface area (TPSA) is 15.8 Å². The number of thiophene rings is 1. The number of H-pyrrole nitrogens is 1. The molecule has 0 atom stereocenters. The highest BCUT2D eigenvalue weighted by atomic mass is 79.9. The molecule has 0 amide bonds. The molecule has 0 unspecified atom stereocenters. The molecule has 0 radical (unpaired) electrons. The van der Waals surface area contributed by atoms with Crippen LogP contribution in [0.2, 0.25) is 0 Å². The van der Waals surface area contributed by atoms with Gasteiger partial charge in [-0.3, -0.25) is 0 Å². The second kappa shape index (κ2) is 3.34. The van der Waals surface area contributed by atoms with Crippen LogP contribution in [0.5, 0.6) is 0 Å². The molecule has 0 saturated carbocycles. The largest absolute Gasteiger partial charge is 0.353 e. The van der Waals surface area contributed by atoms with Gasteiger partial charge in [-0.05, 0) is 18.2 Å². The van der Waals surface area contributed by atoms with Gasteiger partial charge in [0.2, 0.25) is 0 Å². The molecule has 0 fully saturated rings. The van der Waals surface area contributed by atoms with Crippen LogP contribution >= 0.6 is 27.3 Å². The molecule has 82 valence electrons. The lowest BCUT2D eigenvalue weighted by Gasteiger charge is -1.91. The summed E-state index contributed by atoms with van der Waals surface area (Å²) in [7, 11) is 0. The quantitative estimate of drug-likeness (QED) is 0.454. The van der Waals surface area contributed by atoms with Gasteiger partial charge in [-0.15, -0.1) is 11.3 Å². The summed E-state index contributed by atoms with van der Waals surface area (Å²) in [5, 5.41) is 2.63. The maximum absolute atomic E-state index is 3.52. The summed E-state index contributed by atoms with van der Waals surface area (Å²) in [4.78, 5) is 3.52. The normalized spacial score (nSPS) is 11.8. The summed E-state index contributed by atoms with van der Waals surface area (Å²) in [6, 6.07) is 15.0. The lowest BCUT2D eigenvalue weighted by atomic mass is 10.2. The van der Waals surface area contributed by atoms with E-state index in [2.05, 4.69) is 63.4 Å². The zero-order valence-corrected chi connectivity index (χ0v) is 11.2. The van der Waals surface area contributed by atoms with E-state index in [0.29, 0.717) is 0 Å². The summed E-state index contributed by atoms with van der Waals surface area (Å²) < 4.78 is 3.82. The Labute approximate surface area is 110 Å². The van der Waals surface area contributed by atoms with Crippen molar-refractivity contribution in [3.8, 4) is 0 Å². The molecule has 1 N–H and O–H groups in total. The van der Waals surface area contributed by atoms with Crippen molar-refractivity contribution >= 4 is 58.5 Å². The van der Waals surface area contributed by atoms with Gasteiger partial charge in [0.05, 0.1) is 10.2 Å². The van der Waals surface area contributed by atoms with E-state index < -0.39 is 0 Å². The number of rotatable bonds is 0. The molecule has 0 saturated heterocycles. The molecule has 2 heterocycles. The number of fused-ring (bicyclic) bond motifs is 5. The van der Waals surface area contributed by atoms with E-state index in [1.807, 2.05) is 11.3 Å². The Kier molecular flexibility index (Phi) is 1.90. The van der Waals surface area contributed by atoms with Crippen molar-refractivity contribution in [2.24, 2.45) is 0 Å². The van der Waals surface area contributed by atoms with E-state index in [9.17, 15) is 0 Å². The molecular formula is C14H8BrNS.